The second-order valence-corrected chi connectivity index (χ2v) is 5.98. The summed E-state index contributed by atoms with van der Waals surface area (Å²) >= 11 is 0. The summed E-state index contributed by atoms with van der Waals surface area (Å²) in [5.41, 5.74) is 6.41. The molecule has 27 heavy (non-hydrogen) atoms. The first kappa shape index (κ1) is 16.5. The predicted molar refractivity (Wildman–Crippen MR) is 96.4 cm³/mol. The van der Waals surface area contributed by atoms with Crippen LogP contribution >= 0.6 is 0 Å². The van der Waals surface area contributed by atoms with Crippen LogP contribution in [0.3, 0.4) is 0 Å². The van der Waals surface area contributed by atoms with Gasteiger partial charge in [0, 0.05) is 0 Å². The Balaban J connectivity index is 2.05. The predicted octanol–water partition coefficient (Wildman–Crippen LogP) is 2.73. The highest BCUT2D eigenvalue weighted by Crippen LogP contribution is 2.44. The number of aromatic hydroxyl groups is 1. The Labute approximate surface area is 153 Å². The third kappa shape index (κ3) is 2.47. The molecule has 4 rings (SSSR count). The van der Waals surface area contributed by atoms with Crippen LogP contribution in [0, 0.1) is 11.3 Å². The van der Waals surface area contributed by atoms with Gasteiger partial charge < -0.3 is 24.7 Å². The van der Waals surface area contributed by atoms with E-state index in [0.29, 0.717) is 16.5 Å². The fourth-order valence-electron chi connectivity index (χ4n) is 3.29. The van der Waals surface area contributed by atoms with E-state index in [1.54, 1.807) is 36.4 Å². The molecule has 0 aliphatic carbocycles. The Morgan fingerprint density at radius 3 is 2.74 bits per heavy atom. The molecule has 1 atom stereocenters. The van der Waals surface area contributed by atoms with E-state index in [1.165, 1.54) is 13.2 Å². The summed E-state index contributed by atoms with van der Waals surface area (Å²) in [5, 5.41) is 20.3. The molecular formula is C20H14N2O5. The van der Waals surface area contributed by atoms with E-state index in [1.807, 2.05) is 6.07 Å². The van der Waals surface area contributed by atoms with E-state index in [0.717, 1.165) is 0 Å². The largest absolute Gasteiger partial charge is 0.504 e. The number of para-hydroxylation sites is 1. The number of allylic oxidation sites excluding steroid dienone is 1. The van der Waals surface area contributed by atoms with Gasteiger partial charge in [-0.1, -0.05) is 18.2 Å². The molecular weight excluding hydrogens is 348 g/mol. The van der Waals surface area contributed by atoms with Crippen LogP contribution in [0.25, 0.3) is 11.0 Å². The fourth-order valence-corrected chi connectivity index (χ4v) is 3.29. The van der Waals surface area contributed by atoms with Crippen LogP contribution < -0.4 is 20.8 Å². The molecule has 1 unspecified atom stereocenters. The average Bonchev–Trinajstić information content (AvgIpc) is 2.67. The number of benzene rings is 2. The Bertz CT molecular complexity index is 1200. The summed E-state index contributed by atoms with van der Waals surface area (Å²) in [6.07, 6.45) is 0. The molecule has 7 heteroatoms. The van der Waals surface area contributed by atoms with Crippen molar-refractivity contribution < 1.29 is 19.0 Å². The lowest BCUT2D eigenvalue weighted by atomic mass is 9.83. The normalized spacial score (nSPS) is 15.8. The lowest BCUT2D eigenvalue weighted by molar-refractivity contribution is 0.372. The highest BCUT2D eigenvalue weighted by atomic mass is 16.5. The minimum Gasteiger partial charge on any atom is -0.504 e. The molecule has 0 bridgehead atoms. The van der Waals surface area contributed by atoms with E-state index in [2.05, 4.69) is 0 Å². The highest BCUT2D eigenvalue weighted by molar-refractivity contribution is 5.86. The summed E-state index contributed by atoms with van der Waals surface area (Å²) in [5.74, 6) is -0.535. The van der Waals surface area contributed by atoms with Crippen LogP contribution in [0.2, 0.25) is 0 Å². The smallest absolute Gasteiger partial charge is 0.344 e. The third-order valence-corrected chi connectivity index (χ3v) is 4.51. The first-order valence-electron chi connectivity index (χ1n) is 8.05. The molecule has 0 spiro atoms. The van der Waals surface area contributed by atoms with Crippen molar-refractivity contribution in [2.24, 2.45) is 5.73 Å². The van der Waals surface area contributed by atoms with E-state index in [4.69, 9.17) is 19.6 Å². The SMILES string of the molecule is COc1ccc(C2C(C#N)=C(N)Oc3c2c(=O)oc2ccccc32)cc1O. The zero-order valence-corrected chi connectivity index (χ0v) is 14.2. The van der Waals surface area contributed by atoms with Gasteiger partial charge in [-0.25, -0.2) is 4.79 Å². The Kier molecular flexibility index (Phi) is 3.74. The van der Waals surface area contributed by atoms with E-state index in [9.17, 15) is 15.2 Å². The van der Waals surface area contributed by atoms with Crippen molar-refractivity contribution in [2.75, 3.05) is 7.11 Å². The van der Waals surface area contributed by atoms with Gasteiger partial charge in [0.1, 0.15) is 17.2 Å². The highest BCUT2D eigenvalue weighted by Gasteiger charge is 2.35. The molecule has 0 saturated carbocycles. The first-order chi connectivity index (χ1) is 13.0. The van der Waals surface area contributed by atoms with E-state index >= 15 is 0 Å². The van der Waals surface area contributed by atoms with Crippen molar-refractivity contribution in [1.29, 1.82) is 5.26 Å². The molecule has 2 aromatic carbocycles. The standard InChI is InChI=1S/C20H14N2O5/c1-25-15-7-6-10(8-13(15)23)16-12(9-21)19(22)27-18-11-4-2-3-5-14(11)26-20(24)17(16)18/h2-8,16,23H,22H2,1H3. The number of nitriles is 1. The number of ether oxygens (including phenoxy) is 2. The molecule has 0 amide bonds. The monoisotopic (exact) mass is 362 g/mol. The Morgan fingerprint density at radius 2 is 2.04 bits per heavy atom. The second kappa shape index (κ2) is 6.11. The molecule has 3 N–H and O–H groups in total. The summed E-state index contributed by atoms with van der Waals surface area (Å²) < 4.78 is 16.1. The van der Waals surface area contributed by atoms with Crippen molar-refractivity contribution in [2.45, 2.75) is 5.92 Å². The maximum Gasteiger partial charge on any atom is 0.344 e. The van der Waals surface area contributed by atoms with Crippen molar-refractivity contribution in [3.63, 3.8) is 0 Å². The van der Waals surface area contributed by atoms with Crippen LogP contribution in [0.15, 0.2) is 63.1 Å². The van der Waals surface area contributed by atoms with Crippen molar-refractivity contribution >= 4 is 11.0 Å². The number of methoxy groups -OCH3 is 1. The van der Waals surface area contributed by atoms with Gasteiger partial charge in [0.05, 0.1) is 24.0 Å². The number of hydrogen-bond acceptors (Lipinski definition) is 7. The van der Waals surface area contributed by atoms with Crippen molar-refractivity contribution in [3.05, 3.63) is 75.5 Å². The molecule has 2 heterocycles. The maximum atomic E-state index is 12.7. The topological polar surface area (TPSA) is 119 Å². The van der Waals surface area contributed by atoms with Gasteiger partial charge in [0.2, 0.25) is 5.88 Å². The van der Waals surface area contributed by atoms with Gasteiger partial charge in [0.25, 0.3) is 0 Å². The molecule has 7 nitrogen and oxygen atoms in total. The number of hydrogen-bond donors (Lipinski definition) is 2. The molecule has 0 saturated heterocycles. The molecule has 3 aromatic rings. The molecule has 0 fully saturated rings. The summed E-state index contributed by atoms with van der Waals surface area (Å²) in [6.45, 7) is 0. The Hall–Kier alpha value is -3.92. The van der Waals surface area contributed by atoms with E-state index < -0.39 is 11.5 Å². The van der Waals surface area contributed by atoms with Gasteiger partial charge >= 0.3 is 5.63 Å². The van der Waals surface area contributed by atoms with Gasteiger partial charge in [0.15, 0.2) is 17.2 Å². The molecule has 1 aromatic heterocycles. The third-order valence-electron chi connectivity index (χ3n) is 4.51. The molecule has 0 radical (unpaired) electrons. The van der Waals surface area contributed by atoms with E-state index in [-0.39, 0.29) is 34.3 Å². The number of phenolic OH excluding ortho intramolecular Hbond substituents is 1. The maximum absolute atomic E-state index is 12.7. The summed E-state index contributed by atoms with van der Waals surface area (Å²) in [6, 6.07) is 13.5. The lowest BCUT2D eigenvalue weighted by Crippen LogP contribution is -2.26. The number of rotatable bonds is 2. The summed E-state index contributed by atoms with van der Waals surface area (Å²) in [4.78, 5) is 12.7. The first-order valence-corrected chi connectivity index (χ1v) is 8.05. The van der Waals surface area contributed by atoms with Gasteiger partial charge in [-0.3, -0.25) is 0 Å². The summed E-state index contributed by atoms with van der Waals surface area (Å²) in [7, 11) is 1.43. The van der Waals surface area contributed by atoms with Crippen LogP contribution in [0.1, 0.15) is 17.0 Å². The van der Waals surface area contributed by atoms with Crippen molar-refractivity contribution in [3.8, 4) is 23.3 Å². The van der Waals surface area contributed by atoms with Crippen LogP contribution in [0.4, 0.5) is 0 Å². The molecule has 1 aliphatic heterocycles. The van der Waals surface area contributed by atoms with Crippen LogP contribution in [-0.4, -0.2) is 12.2 Å². The zero-order chi connectivity index (χ0) is 19.1. The van der Waals surface area contributed by atoms with Gasteiger partial charge in [-0.2, -0.15) is 5.26 Å². The quantitative estimate of drug-likeness (QED) is 0.673. The van der Waals surface area contributed by atoms with Gasteiger partial charge in [-0.05, 0) is 29.8 Å². The zero-order valence-electron chi connectivity index (χ0n) is 14.2. The number of nitrogens with two attached hydrogens (primary N) is 1. The number of phenols is 1. The minimum atomic E-state index is -0.837. The van der Waals surface area contributed by atoms with Crippen molar-refractivity contribution in [1.82, 2.24) is 0 Å². The number of fused-ring (bicyclic) bond motifs is 3. The van der Waals surface area contributed by atoms with Crippen LogP contribution in [0.5, 0.6) is 17.2 Å². The second-order valence-electron chi connectivity index (χ2n) is 5.98. The number of nitrogens with zero attached hydrogens (tertiary/aromatic N) is 1. The minimum absolute atomic E-state index is 0.0645. The molecule has 134 valence electrons. The van der Waals surface area contributed by atoms with Crippen LogP contribution in [-0.2, 0) is 0 Å². The average molecular weight is 362 g/mol. The lowest BCUT2D eigenvalue weighted by Gasteiger charge is -2.26. The van der Waals surface area contributed by atoms with Gasteiger partial charge in [-0.15, -0.1) is 0 Å². The Morgan fingerprint density at radius 1 is 1.26 bits per heavy atom. The molecule has 1 aliphatic rings. The fraction of sp³-hybridized carbons (Fsp3) is 0.100.